The lowest BCUT2D eigenvalue weighted by molar-refractivity contribution is 0.507. The molecule has 0 bridgehead atoms. The van der Waals surface area contributed by atoms with Crippen LogP contribution in [0.4, 0.5) is 11.6 Å². The molecule has 96 valence electrons. The normalized spacial score (nSPS) is 10.3. The van der Waals surface area contributed by atoms with Crippen molar-refractivity contribution in [3.63, 3.8) is 0 Å². The van der Waals surface area contributed by atoms with Gasteiger partial charge in [0.05, 0.1) is 25.2 Å². The summed E-state index contributed by atoms with van der Waals surface area (Å²) >= 11 is 0. The molecule has 5 heteroatoms. The highest BCUT2D eigenvalue weighted by Gasteiger charge is 2.06. The SMILES string of the molecule is CCCNc1cncc(N(C)Cc2ccco2)n1. The molecular weight excluding hydrogens is 228 g/mol. The fourth-order valence-electron chi connectivity index (χ4n) is 1.60. The number of furan rings is 1. The second-order valence-electron chi connectivity index (χ2n) is 4.12. The van der Waals surface area contributed by atoms with Crippen molar-refractivity contribution in [2.45, 2.75) is 19.9 Å². The molecule has 5 nitrogen and oxygen atoms in total. The molecule has 2 heterocycles. The third-order valence-corrected chi connectivity index (χ3v) is 2.54. The van der Waals surface area contributed by atoms with E-state index >= 15 is 0 Å². The Morgan fingerprint density at radius 3 is 3.00 bits per heavy atom. The van der Waals surface area contributed by atoms with Gasteiger partial charge in [-0.1, -0.05) is 6.92 Å². The predicted octanol–water partition coefficient (Wildman–Crippen LogP) is 2.53. The van der Waals surface area contributed by atoms with Gasteiger partial charge in [0.15, 0.2) is 0 Å². The Labute approximate surface area is 107 Å². The molecule has 1 N–H and O–H groups in total. The largest absolute Gasteiger partial charge is 0.467 e. The molecule has 2 rings (SSSR count). The topological polar surface area (TPSA) is 54.2 Å². The summed E-state index contributed by atoms with van der Waals surface area (Å²) in [6.45, 7) is 3.70. The van der Waals surface area contributed by atoms with Crippen molar-refractivity contribution in [3.05, 3.63) is 36.5 Å². The van der Waals surface area contributed by atoms with Crippen LogP contribution in [0.3, 0.4) is 0 Å². The van der Waals surface area contributed by atoms with Crippen molar-refractivity contribution >= 4 is 11.6 Å². The highest BCUT2D eigenvalue weighted by Crippen LogP contribution is 2.14. The summed E-state index contributed by atoms with van der Waals surface area (Å²) < 4.78 is 5.32. The van der Waals surface area contributed by atoms with E-state index in [1.165, 1.54) is 0 Å². The van der Waals surface area contributed by atoms with E-state index in [0.29, 0.717) is 6.54 Å². The molecule has 0 aliphatic rings. The van der Waals surface area contributed by atoms with Gasteiger partial charge in [-0.05, 0) is 18.6 Å². The molecule has 2 aromatic rings. The Balaban J connectivity index is 2.03. The Bertz CT molecular complexity index is 470. The molecule has 0 saturated carbocycles. The molecule has 0 aliphatic heterocycles. The van der Waals surface area contributed by atoms with Crippen molar-refractivity contribution in [1.82, 2.24) is 9.97 Å². The number of hydrogen-bond acceptors (Lipinski definition) is 5. The van der Waals surface area contributed by atoms with Gasteiger partial charge in [-0.15, -0.1) is 0 Å². The van der Waals surface area contributed by atoms with Crippen LogP contribution >= 0.6 is 0 Å². The standard InChI is InChI=1S/C13H18N4O/c1-3-6-15-12-8-14-9-13(16-12)17(2)10-11-5-4-7-18-11/h4-5,7-9H,3,6,10H2,1-2H3,(H,15,16). The Morgan fingerprint density at radius 1 is 1.39 bits per heavy atom. The van der Waals surface area contributed by atoms with Gasteiger partial charge in [-0.3, -0.25) is 4.98 Å². The zero-order valence-corrected chi connectivity index (χ0v) is 10.8. The number of aromatic nitrogens is 2. The number of rotatable bonds is 6. The lowest BCUT2D eigenvalue weighted by Gasteiger charge is -2.17. The zero-order valence-electron chi connectivity index (χ0n) is 10.8. The third-order valence-electron chi connectivity index (χ3n) is 2.54. The van der Waals surface area contributed by atoms with Gasteiger partial charge < -0.3 is 14.6 Å². The molecule has 2 aromatic heterocycles. The van der Waals surface area contributed by atoms with E-state index in [1.54, 1.807) is 18.7 Å². The van der Waals surface area contributed by atoms with Gasteiger partial charge in [0, 0.05) is 13.6 Å². The molecule has 0 atom stereocenters. The molecule has 0 fully saturated rings. The first-order chi connectivity index (χ1) is 8.79. The van der Waals surface area contributed by atoms with Crippen LogP contribution in [0, 0.1) is 0 Å². The molecule has 0 unspecified atom stereocenters. The fourth-order valence-corrected chi connectivity index (χ4v) is 1.60. The van der Waals surface area contributed by atoms with Gasteiger partial charge in [-0.2, -0.15) is 0 Å². The maximum atomic E-state index is 5.32. The summed E-state index contributed by atoms with van der Waals surface area (Å²) in [6.07, 6.45) is 6.22. The van der Waals surface area contributed by atoms with Crippen molar-refractivity contribution in [1.29, 1.82) is 0 Å². The van der Waals surface area contributed by atoms with Crippen LogP contribution in [0.5, 0.6) is 0 Å². The van der Waals surface area contributed by atoms with Crippen LogP contribution < -0.4 is 10.2 Å². The predicted molar refractivity (Wildman–Crippen MR) is 71.6 cm³/mol. The van der Waals surface area contributed by atoms with Crippen molar-refractivity contribution in [2.24, 2.45) is 0 Å². The summed E-state index contributed by atoms with van der Waals surface area (Å²) in [4.78, 5) is 10.7. The van der Waals surface area contributed by atoms with E-state index in [9.17, 15) is 0 Å². The van der Waals surface area contributed by atoms with Crippen molar-refractivity contribution in [3.8, 4) is 0 Å². The molecule has 0 amide bonds. The van der Waals surface area contributed by atoms with Crippen LogP contribution in [0.15, 0.2) is 35.2 Å². The minimum absolute atomic E-state index is 0.679. The third kappa shape index (κ3) is 3.23. The second-order valence-corrected chi connectivity index (χ2v) is 4.12. The second kappa shape index (κ2) is 6.05. The van der Waals surface area contributed by atoms with Crippen molar-refractivity contribution in [2.75, 3.05) is 23.8 Å². The monoisotopic (exact) mass is 246 g/mol. The lowest BCUT2D eigenvalue weighted by atomic mass is 10.4. The van der Waals surface area contributed by atoms with Crippen LogP contribution in [0.2, 0.25) is 0 Å². The molecule has 0 aliphatic carbocycles. The number of nitrogens with zero attached hydrogens (tertiary/aromatic N) is 3. The number of nitrogens with one attached hydrogen (secondary N) is 1. The van der Waals surface area contributed by atoms with Gasteiger partial charge in [-0.25, -0.2) is 4.98 Å². The van der Waals surface area contributed by atoms with E-state index < -0.39 is 0 Å². The number of hydrogen-bond donors (Lipinski definition) is 1. The van der Waals surface area contributed by atoms with E-state index in [0.717, 1.165) is 30.4 Å². The zero-order chi connectivity index (χ0) is 12.8. The highest BCUT2D eigenvalue weighted by molar-refractivity contribution is 5.43. The lowest BCUT2D eigenvalue weighted by Crippen LogP contribution is -2.18. The van der Waals surface area contributed by atoms with Crippen LogP contribution in [-0.4, -0.2) is 23.6 Å². The minimum atomic E-state index is 0.679. The molecule has 0 aromatic carbocycles. The average molecular weight is 246 g/mol. The molecule has 0 radical (unpaired) electrons. The smallest absolute Gasteiger partial charge is 0.149 e. The summed E-state index contributed by atoms with van der Waals surface area (Å²) in [7, 11) is 1.97. The maximum absolute atomic E-state index is 5.32. The van der Waals surface area contributed by atoms with Crippen LogP contribution in [-0.2, 0) is 6.54 Å². The molecule has 0 saturated heterocycles. The summed E-state index contributed by atoms with van der Waals surface area (Å²) in [5.74, 6) is 2.54. The van der Waals surface area contributed by atoms with E-state index in [-0.39, 0.29) is 0 Å². The van der Waals surface area contributed by atoms with Crippen LogP contribution in [0.25, 0.3) is 0 Å². The summed E-state index contributed by atoms with van der Waals surface area (Å²) in [5.41, 5.74) is 0. The first kappa shape index (κ1) is 12.4. The van der Waals surface area contributed by atoms with E-state index in [1.807, 2.05) is 24.1 Å². The molecule has 0 spiro atoms. The summed E-state index contributed by atoms with van der Waals surface area (Å²) in [5, 5.41) is 3.22. The molecule has 18 heavy (non-hydrogen) atoms. The van der Waals surface area contributed by atoms with Gasteiger partial charge in [0.2, 0.25) is 0 Å². The first-order valence-corrected chi connectivity index (χ1v) is 6.09. The Morgan fingerprint density at radius 2 is 2.28 bits per heavy atom. The maximum Gasteiger partial charge on any atom is 0.149 e. The van der Waals surface area contributed by atoms with Gasteiger partial charge in [0.25, 0.3) is 0 Å². The van der Waals surface area contributed by atoms with Crippen molar-refractivity contribution < 1.29 is 4.42 Å². The average Bonchev–Trinajstić information content (AvgIpc) is 2.89. The Hall–Kier alpha value is -2.04. The van der Waals surface area contributed by atoms with E-state index in [2.05, 4.69) is 22.2 Å². The van der Waals surface area contributed by atoms with E-state index in [4.69, 9.17) is 4.42 Å². The quantitative estimate of drug-likeness (QED) is 0.848. The first-order valence-electron chi connectivity index (χ1n) is 6.09. The Kier molecular flexibility index (Phi) is 4.17. The van der Waals surface area contributed by atoms with Gasteiger partial charge in [0.1, 0.15) is 17.4 Å². The fraction of sp³-hybridized carbons (Fsp3) is 0.385. The van der Waals surface area contributed by atoms with Gasteiger partial charge >= 0.3 is 0 Å². The number of anilines is 2. The minimum Gasteiger partial charge on any atom is -0.467 e. The van der Waals surface area contributed by atoms with Crippen LogP contribution in [0.1, 0.15) is 19.1 Å². The summed E-state index contributed by atoms with van der Waals surface area (Å²) in [6, 6.07) is 3.83. The highest BCUT2D eigenvalue weighted by atomic mass is 16.3. The molecular formula is C13H18N4O.